The molecule has 0 aliphatic carbocycles. The molecule has 1 N–H and O–H groups in total. The number of amides is 1. The van der Waals surface area contributed by atoms with E-state index in [2.05, 4.69) is 69.5 Å². The summed E-state index contributed by atoms with van der Waals surface area (Å²) in [6.45, 7) is 11.2. The van der Waals surface area contributed by atoms with E-state index in [0.29, 0.717) is 11.4 Å². The number of nitrogens with one attached hydrogen (secondary N) is 1. The normalized spacial score (nSPS) is 13.5. The topological polar surface area (TPSA) is 47.6 Å². The van der Waals surface area contributed by atoms with Crippen LogP contribution in [0.2, 0.25) is 23.2 Å². The van der Waals surface area contributed by atoms with Crippen LogP contribution in [-0.4, -0.2) is 21.3 Å². The lowest BCUT2D eigenvalue weighted by Gasteiger charge is -2.37. The van der Waals surface area contributed by atoms with Crippen LogP contribution in [0, 0.1) is 0 Å². The molecule has 0 saturated heterocycles. The number of benzene rings is 3. The van der Waals surface area contributed by atoms with Gasteiger partial charge in [0.1, 0.15) is 0 Å². The number of hydrogen-bond donors (Lipinski definition) is 1. The zero-order chi connectivity index (χ0) is 24.0. The number of ether oxygens (including phenoxy) is 1. The number of carbonyl (C=O) groups excluding carboxylic acids is 1. The molecule has 1 aliphatic heterocycles. The molecule has 4 nitrogen and oxygen atoms in total. The Hall–Kier alpha value is -2.76. The van der Waals surface area contributed by atoms with Crippen LogP contribution in [0.5, 0.6) is 11.5 Å². The van der Waals surface area contributed by atoms with Crippen molar-refractivity contribution >= 4 is 31.5 Å². The average Bonchev–Trinajstić information content (AvgIpc) is 3.11. The van der Waals surface area contributed by atoms with E-state index < -0.39 is 8.32 Å². The van der Waals surface area contributed by atoms with Gasteiger partial charge in [0.05, 0.1) is 18.6 Å². The van der Waals surface area contributed by atoms with Crippen LogP contribution >= 0.6 is 11.6 Å². The Labute approximate surface area is 202 Å². The fourth-order valence-electron chi connectivity index (χ4n) is 3.72. The van der Waals surface area contributed by atoms with Crippen molar-refractivity contribution in [3.8, 4) is 33.8 Å². The van der Waals surface area contributed by atoms with Crippen molar-refractivity contribution in [1.29, 1.82) is 0 Å². The van der Waals surface area contributed by atoms with Crippen LogP contribution in [-0.2, 0) is 11.2 Å². The molecular formula is C27H30ClNO3Si. The van der Waals surface area contributed by atoms with Gasteiger partial charge in [-0.15, -0.1) is 0 Å². The first-order chi connectivity index (χ1) is 15.5. The molecule has 1 heterocycles. The van der Waals surface area contributed by atoms with Gasteiger partial charge in [-0.1, -0.05) is 68.8 Å². The van der Waals surface area contributed by atoms with Gasteiger partial charge in [-0.3, -0.25) is 4.79 Å². The minimum absolute atomic E-state index is 0.000787. The van der Waals surface area contributed by atoms with Gasteiger partial charge in [0.25, 0.3) is 8.32 Å². The molecule has 33 heavy (non-hydrogen) atoms. The maximum atomic E-state index is 11.7. The number of rotatable bonds is 5. The maximum Gasteiger partial charge on any atom is 0.250 e. The second-order valence-electron chi connectivity index (χ2n) is 9.99. The van der Waals surface area contributed by atoms with Crippen molar-refractivity contribution in [3.05, 3.63) is 65.2 Å². The van der Waals surface area contributed by atoms with Crippen molar-refractivity contribution < 1.29 is 14.0 Å². The third-order valence-corrected chi connectivity index (χ3v) is 11.3. The van der Waals surface area contributed by atoms with E-state index in [0.717, 1.165) is 45.0 Å². The number of hydrogen-bond acceptors (Lipinski definition) is 3. The summed E-state index contributed by atoms with van der Waals surface area (Å²) in [5, 5.41) is 3.53. The minimum Gasteiger partial charge on any atom is -0.541 e. The monoisotopic (exact) mass is 479 g/mol. The molecule has 4 rings (SSSR count). The van der Waals surface area contributed by atoms with Gasteiger partial charge in [0.15, 0.2) is 11.5 Å². The van der Waals surface area contributed by atoms with E-state index in [1.165, 1.54) is 0 Å². The predicted molar refractivity (Wildman–Crippen MR) is 139 cm³/mol. The zero-order valence-electron chi connectivity index (χ0n) is 20.0. The zero-order valence-corrected chi connectivity index (χ0v) is 21.8. The smallest absolute Gasteiger partial charge is 0.250 e. The van der Waals surface area contributed by atoms with E-state index in [1.54, 1.807) is 7.11 Å². The summed E-state index contributed by atoms with van der Waals surface area (Å²) in [6, 6.07) is 18.1. The summed E-state index contributed by atoms with van der Waals surface area (Å²) < 4.78 is 12.4. The lowest BCUT2D eigenvalue weighted by Crippen LogP contribution is -2.44. The third-order valence-electron chi connectivity index (χ3n) is 6.69. The summed E-state index contributed by atoms with van der Waals surface area (Å²) in [6.07, 6.45) is 0.384. The van der Waals surface area contributed by atoms with Crippen molar-refractivity contribution in [3.63, 3.8) is 0 Å². The van der Waals surface area contributed by atoms with Crippen LogP contribution < -0.4 is 14.5 Å². The van der Waals surface area contributed by atoms with Gasteiger partial charge < -0.3 is 14.5 Å². The first kappa shape index (κ1) is 23.4. The summed E-state index contributed by atoms with van der Waals surface area (Å²) in [7, 11) is -0.398. The Kier molecular flexibility index (Phi) is 6.06. The molecule has 0 aromatic heterocycles. The fourth-order valence-corrected chi connectivity index (χ4v) is 5.02. The quantitative estimate of drug-likeness (QED) is 0.384. The van der Waals surface area contributed by atoms with Gasteiger partial charge in [0, 0.05) is 16.8 Å². The van der Waals surface area contributed by atoms with Crippen LogP contribution in [0.1, 0.15) is 26.3 Å². The van der Waals surface area contributed by atoms with E-state index in [4.69, 9.17) is 20.8 Å². The standard InChI is InChI=1S/C27H30ClNO3Si/c1-27(2,3)33(5,6)32-26-20(8-7-9-24(26)31-4)17-10-12-18(13-11-17)21-14-19-15-25(30)29-23(19)16-22(21)28/h7-14,16H,15H2,1-6H3,(H,29,30). The van der Waals surface area contributed by atoms with Gasteiger partial charge in [-0.25, -0.2) is 0 Å². The van der Waals surface area contributed by atoms with Crippen LogP contribution in [0.15, 0.2) is 54.6 Å². The van der Waals surface area contributed by atoms with Crippen LogP contribution in [0.25, 0.3) is 22.3 Å². The molecule has 0 atom stereocenters. The molecule has 1 aliphatic rings. The lowest BCUT2D eigenvalue weighted by molar-refractivity contribution is -0.115. The van der Waals surface area contributed by atoms with Gasteiger partial charge in [-0.05, 0) is 53.0 Å². The molecule has 172 valence electrons. The Morgan fingerprint density at radius 1 is 0.970 bits per heavy atom. The molecule has 6 heteroatoms. The molecule has 0 radical (unpaired) electrons. The van der Waals surface area contributed by atoms with E-state index in [-0.39, 0.29) is 10.9 Å². The van der Waals surface area contributed by atoms with Crippen LogP contribution in [0.4, 0.5) is 5.69 Å². The van der Waals surface area contributed by atoms with Gasteiger partial charge in [-0.2, -0.15) is 0 Å². The van der Waals surface area contributed by atoms with Crippen molar-refractivity contribution in [2.45, 2.75) is 45.3 Å². The van der Waals surface area contributed by atoms with E-state index in [1.807, 2.05) is 24.3 Å². The van der Waals surface area contributed by atoms with E-state index >= 15 is 0 Å². The van der Waals surface area contributed by atoms with Gasteiger partial charge >= 0.3 is 0 Å². The number of anilines is 1. The number of para-hydroxylation sites is 1. The molecule has 0 saturated carbocycles. The summed E-state index contributed by atoms with van der Waals surface area (Å²) in [5.41, 5.74) is 5.74. The summed E-state index contributed by atoms with van der Waals surface area (Å²) >= 11 is 6.54. The van der Waals surface area contributed by atoms with Crippen molar-refractivity contribution in [2.75, 3.05) is 12.4 Å². The molecular weight excluding hydrogens is 450 g/mol. The second kappa shape index (κ2) is 8.54. The van der Waals surface area contributed by atoms with Crippen molar-refractivity contribution in [1.82, 2.24) is 0 Å². The number of fused-ring (bicyclic) bond motifs is 1. The summed E-state index contributed by atoms with van der Waals surface area (Å²) in [4.78, 5) is 11.7. The predicted octanol–water partition coefficient (Wildman–Crippen LogP) is 7.56. The lowest BCUT2D eigenvalue weighted by atomic mass is 9.98. The number of carbonyl (C=O) groups is 1. The largest absolute Gasteiger partial charge is 0.541 e. The molecule has 0 unspecified atom stereocenters. The Morgan fingerprint density at radius 2 is 1.61 bits per heavy atom. The highest BCUT2D eigenvalue weighted by Crippen LogP contribution is 2.45. The number of halogens is 1. The highest BCUT2D eigenvalue weighted by molar-refractivity contribution is 6.74. The third kappa shape index (κ3) is 4.52. The molecule has 1 amide bonds. The first-order valence-electron chi connectivity index (χ1n) is 11.1. The Bertz CT molecular complexity index is 1210. The Morgan fingerprint density at radius 3 is 2.21 bits per heavy atom. The molecule has 0 fully saturated rings. The highest BCUT2D eigenvalue weighted by Gasteiger charge is 2.40. The van der Waals surface area contributed by atoms with E-state index in [9.17, 15) is 4.79 Å². The molecule has 3 aromatic carbocycles. The molecule has 3 aromatic rings. The average molecular weight is 480 g/mol. The molecule has 0 spiro atoms. The van der Waals surface area contributed by atoms with Crippen LogP contribution in [0.3, 0.4) is 0 Å². The maximum absolute atomic E-state index is 11.7. The highest BCUT2D eigenvalue weighted by atomic mass is 35.5. The van der Waals surface area contributed by atoms with Crippen molar-refractivity contribution in [2.24, 2.45) is 0 Å². The second-order valence-corrected chi connectivity index (χ2v) is 15.1. The Balaban J connectivity index is 1.72. The summed E-state index contributed by atoms with van der Waals surface area (Å²) in [5.74, 6) is 1.53. The minimum atomic E-state index is -2.08. The first-order valence-corrected chi connectivity index (χ1v) is 14.4. The SMILES string of the molecule is COc1cccc(-c2ccc(-c3cc4c(cc3Cl)NC(=O)C4)cc2)c1O[Si](C)(C)C(C)(C)C. The van der Waals surface area contributed by atoms with Gasteiger partial charge in [0.2, 0.25) is 5.91 Å². The fraction of sp³-hybridized carbons (Fsp3) is 0.296. The number of methoxy groups -OCH3 is 1. The molecule has 0 bridgehead atoms.